The highest BCUT2D eigenvalue weighted by Crippen LogP contribution is 2.41. The number of likely N-dealkylation sites (tertiary alicyclic amines) is 1. The van der Waals surface area contributed by atoms with E-state index in [1.165, 1.54) is 31.4 Å². The molecule has 6 nitrogen and oxygen atoms in total. The highest BCUT2D eigenvalue weighted by Gasteiger charge is 2.41. The second-order valence-electron chi connectivity index (χ2n) is 8.26. The fraction of sp³-hybridized carbons (Fsp3) is 0.375. The summed E-state index contributed by atoms with van der Waals surface area (Å²) in [6.07, 6.45) is -3.00. The lowest BCUT2D eigenvalue weighted by Crippen LogP contribution is -2.33. The summed E-state index contributed by atoms with van der Waals surface area (Å²) in [7, 11) is 1.34. The summed E-state index contributed by atoms with van der Waals surface area (Å²) >= 11 is 0. The fourth-order valence-corrected chi connectivity index (χ4v) is 4.19. The number of nitrogens with zero attached hydrogens (tertiary/aromatic N) is 1. The Bertz CT molecular complexity index is 1220. The van der Waals surface area contributed by atoms with Crippen molar-refractivity contribution in [2.75, 3.05) is 20.2 Å². The highest BCUT2D eigenvalue weighted by atomic mass is 19.4. The van der Waals surface area contributed by atoms with Crippen molar-refractivity contribution in [3.63, 3.8) is 0 Å². The summed E-state index contributed by atoms with van der Waals surface area (Å²) in [6, 6.07) is 8.60. The van der Waals surface area contributed by atoms with Gasteiger partial charge in [-0.15, -0.1) is 0 Å². The van der Waals surface area contributed by atoms with Crippen LogP contribution in [0.2, 0.25) is 0 Å². The summed E-state index contributed by atoms with van der Waals surface area (Å²) in [5.41, 5.74) is -1.13. The van der Waals surface area contributed by atoms with Crippen LogP contribution in [-0.4, -0.2) is 30.2 Å². The van der Waals surface area contributed by atoms with Gasteiger partial charge in [0.2, 0.25) is 11.2 Å². The predicted molar refractivity (Wildman–Crippen MR) is 116 cm³/mol. The Kier molecular flexibility index (Phi) is 6.25. The number of hydrogen-bond acceptors (Lipinski definition) is 6. The van der Waals surface area contributed by atoms with Crippen LogP contribution in [0.5, 0.6) is 23.0 Å². The monoisotopic (exact) mass is 463 g/mol. The zero-order valence-electron chi connectivity index (χ0n) is 18.2. The molecule has 1 atom stereocenters. The van der Waals surface area contributed by atoms with Crippen molar-refractivity contribution in [3.8, 4) is 23.0 Å². The van der Waals surface area contributed by atoms with Crippen molar-refractivity contribution in [1.29, 1.82) is 0 Å². The molecule has 9 heteroatoms. The number of rotatable bonds is 5. The molecule has 1 aliphatic rings. The number of alkyl halides is 3. The number of benzene rings is 2. The maximum atomic E-state index is 14.0. The second-order valence-corrected chi connectivity index (χ2v) is 8.26. The van der Waals surface area contributed by atoms with Crippen LogP contribution in [0.3, 0.4) is 0 Å². The molecule has 2 aromatic carbocycles. The molecule has 0 spiro atoms. The largest absolute Gasteiger partial charge is 0.507 e. The topological polar surface area (TPSA) is 72.1 Å². The Labute approximate surface area is 188 Å². The van der Waals surface area contributed by atoms with E-state index in [-0.39, 0.29) is 40.3 Å². The van der Waals surface area contributed by atoms with Crippen molar-refractivity contribution in [2.45, 2.75) is 32.5 Å². The van der Waals surface area contributed by atoms with Crippen LogP contribution in [0.15, 0.2) is 45.6 Å². The van der Waals surface area contributed by atoms with Gasteiger partial charge in [0.05, 0.1) is 18.1 Å². The molecule has 1 aliphatic heterocycles. The number of methoxy groups -OCH3 is 1. The van der Waals surface area contributed by atoms with Gasteiger partial charge in [0, 0.05) is 13.1 Å². The first-order valence-corrected chi connectivity index (χ1v) is 10.6. The number of phenols is 1. The van der Waals surface area contributed by atoms with E-state index < -0.39 is 23.1 Å². The molecule has 3 aromatic rings. The molecule has 0 bridgehead atoms. The third-order valence-electron chi connectivity index (χ3n) is 5.76. The maximum Gasteiger partial charge on any atom is 0.453 e. The van der Waals surface area contributed by atoms with Crippen LogP contribution < -0.4 is 14.9 Å². The van der Waals surface area contributed by atoms with Gasteiger partial charge in [-0.1, -0.05) is 19.1 Å². The third-order valence-corrected chi connectivity index (χ3v) is 5.76. The molecule has 176 valence electrons. The van der Waals surface area contributed by atoms with Gasteiger partial charge in [0.15, 0.2) is 11.5 Å². The Morgan fingerprint density at radius 2 is 1.91 bits per heavy atom. The van der Waals surface area contributed by atoms with Crippen molar-refractivity contribution in [3.05, 3.63) is 57.9 Å². The highest BCUT2D eigenvalue weighted by molar-refractivity contribution is 5.83. The number of fused-ring (bicyclic) bond motifs is 1. The van der Waals surface area contributed by atoms with Crippen LogP contribution in [0.25, 0.3) is 11.0 Å². The summed E-state index contributed by atoms with van der Waals surface area (Å²) in [6.45, 7) is 3.74. The molecule has 0 saturated carbocycles. The van der Waals surface area contributed by atoms with Crippen molar-refractivity contribution in [2.24, 2.45) is 5.92 Å². The number of ether oxygens (including phenoxy) is 2. The summed E-state index contributed by atoms with van der Waals surface area (Å²) in [4.78, 5) is 15.2. The van der Waals surface area contributed by atoms with E-state index >= 15 is 0 Å². The number of para-hydroxylation sites is 2. The van der Waals surface area contributed by atoms with Crippen molar-refractivity contribution < 1.29 is 32.2 Å². The van der Waals surface area contributed by atoms with E-state index in [2.05, 4.69) is 6.92 Å². The Balaban J connectivity index is 1.87. The molecular formula is C24H24F3NO5. The third kappa shape index (κ3) is 4.64. The van der Waals surface area contributed by atoms with Crippen LogP contribution in [-0.2, 0) is 12.7 Å². The Hall–Kier alpha value is -3.20. The van der Waals surface area contributed by atoms with E-state index in [0.29, 0.717) is 5.92 Å². The average molecular weight is 463 g/mol. The minimum Gasteiger partial charge on any atom is -0.507 e. The van der Waals surface area contributed by atoms with Crippen LogP contribution in [0.1, 0.15) is 31.1 Å². The standard InChI is InChI=1S/C24H24F3NO5/c1-14-6-5-11-28(12-14)13-16-17(29)10-9-15-20(30)22(23(24(25,26)27)33-21(15)16)32-19-8-4-3-7-18(19)31-2/h3-4,7-10,14,29H,5-6,11-13H2,1-2H3/t14-/m0/s1. The van der Waals surface area contributed by atoms with Gasteiger partial charge in [-0.3, -0.25) is 9.69 Å². The predicted octanol–water partition coefficient (Wildman–Crippen LogP) is 5.55. The molecule has 0 aliphatic carbocycles. The van der Waals surface area contributed by atoms with Gasteiger partial charge in [-0.05, 0) is 49.6 Å². The van der Waals surface area contributed by atoms with E-state index in [9.17, 15) is 23.1 Å². The first-order valence-electron chi connectivity index (χ1n) is 10.6. The normalized spacial score (nSPS) is 17.3. The molecular weight excluding hydrogens is 439 g/mol. The molecule has 1 fully saturated rings. The SMILES string of the molecule is COc1ccccc1Oc1c(C(F)(F)F)oc2c(CN3CCC[C@H](C)C3)c(O)ccc2c1=O. The van der Waals surface area contributed by atoms with E-state index in [1.807, 2.05) is 4.90 Å². The Morgan fingerprint density at radius 1 is 1.18 bits per heavy atom. The fourth-order valence-electron chi connectivity index (χ4n) is 4.19. The van der Waals surface area contributed by atoms with Crippen LogP contribution in [0.4, 0.5) is 13.2 Å². The van der Waals surface area contributed by atoms with Crippen LogP contribution in [0, 0.1) is 5.92 Å². The van der Waals surface area contributed by atoms with E-state index in [4.69, 9.17) is 13.9 Å². The van der Waals surface area contributed by atoms with Crippen molar-refractivity contribution in [1.82, 2.24) is 4.90 Å². The zero-order chi connectivity index (χ0) is 23.8. The number of halogens is 3. The van der Waals surface area contributed by atoms with Crippen molar-refractivity contribution >= 4 is 11.0 Å². The number of piperidine rings is 1. The van der Waals surface area contributed by atoms with Crippen LogP contribution >= 0.6 is 0 Å². The molecule has 4 rings (SSSR count). The molecule has 1 aromatic heterocycles. The molecule has 0 amide bonds. The first kappa shape index (κ1) is 23.0. The Morgan fingerprint density at radius 3 is 2.58 bits per heavy atom. The smallest absolute Gasteiger partial charge is 0.453 e. The van der Waals surface area contributed by atoms with Gasteiger partial charge in [0.25, 0.3) is 5.76 Å². The molecule has 2 heterocycles. The number of phenolic OH excluding ortho intramolecular Hbond substituents is 1. The maximum absolute atomic E-state index is 14.0. The van der Waals surface area contributed by atoms with Gasteiger partial charge < -0.3 is 19.0 Å². The van der Waals surface area contributed by atoms with Gasteiger partial charge in [-0.2, -0.15) is 13.2 Å². The second kappa shape index (κ2) is 8.97. The molecule has 33 heavy (non-hydrogen) atoms. The van der Waals surface area contributed by atoms with E-state index in [0.717, 1.165) is 25.9 Å². The van der Waals surface area contributed by atoms with Gasteiger partial charge in [0.1, 0.15) is 11.3 Å². The number of aromatic hydroxyl groups is 1. The summed E-state index contributed by atoms with van der Waals surface area (Å²) < 4.78 is 57.7. The molecule has 1 saturated heterocycles. The lowest BCUT2D eigenvalue weighted by atomic mass is 9.99. The quantitative estimate of drug-likeness (QED) is 0.535. The summed E-state index contributed by atoms with van der Waals surface area (Å²) in [5, 5.41) is 10.3. The minimum absolute atomic E-state index is 0.0570. The van der Waals surface area contributed by atoms with E-state index in [1.54, 1.807) is 12.1 Å². The minimum atomic E-state index is -5.01. The zero-order valence-corrected chi connectivity index (χ0v) is 18.2. The van der Waals surface area contributed by atoms with Gasteiger partial charge in [-0.25, -0.2) is 0 Å². The molecule has 0 radical (unpaired) electrons. The molecule has 1 N–H and O–H groups in total. The van der Waals surface area contributed by atoms with Gasteiger partial charge >= 0.3 is 6.18 Å². The summed E-state index contributed by atoms with van der Waals surface area (Å²) in [5.74, 6) is -2.24. The number of hydrogen-bond donors (Lipinski definition) is 1. The lowest BCUT2D eigenvalue weighted by Gasteiger charge is -2.31. The molecule has 0 unspecified atom stereocenters. The first-order chi connectivity index (χ1) is 15.7. The average Bonchev–Trinajstić information content (AvgIpc) is 2.77. The lowest BCUT2D eigenvalue weighted by molar-refractivity contribution is -0.154.